The zero-order chi connectivity index (χ0) is 19.6. The van der Waals surface area contributed by atoms with Crippen LogP contribution in [0.1, 0.15) is 36.2 Å². The van der Waals surface area contributed by atoms with Crippen molar-refractivity contribution in [3.63, 3.8) is 0 Å². The van der Waals surface area contributed by atoms with Crippen molar-refractivity contribution in [1.29, 1.82) is 0 Å². The third kappa shape index (κ3) is 4.84. The van der Waals surface area contributed by atoms with Gasteiger partial charge in [-0.25, -0.2) is 8.42 Å². The molecule has 0 aliphatic carbocycles. The van der Waals surface area contributed by atoms with E-state index in [1.54, 1.807) is 24.3 Å². The van der Waals surface area contributed by atoms with Crippen LogP contribution in [0.3, 0.4) is 0 Å². The van der Waals surface area contributed by atoms with Gasteiger partial charge in [0.05, 0.1) is 22.5 Å². The van der Waals surface area contributed by atoms with Crippen LogP contribution in [0, 0.1) is 0 Å². The highest BCUT2D eigenvalue weighted by molar-refractivity contribution is 7.91. The normalized spacial score (nSPS) is 16.4. The molecule has 2 aromatic rings. The fraction of sp³-hybridized carbons (Fsp3) is 0.389. The molecule has 1 aliphatic heterocycles. The van der Waals surface area contributed by atoms with Gasteiger partial charge in [0, 0.05) is 18.0 Å². The molecule has 0 spiro atoms. The van der Waals surface area contributed by atoms with Gasteiger partial charge < -0.3 is 5.32 Å². The van der Waals surface area contributed by atoms with Gasteiger partial charge >= 0.3 is 0 Å². The number of sulfonamides is 1. The van der Waals surface area contributed by atoms with E-state index in [4.69, 9.17) is 23.2 Å². The van der Waals surface area contributed by atoms with Crippen LogP contribution in [0.15, 0.2) is 34.5 Å². The molecule has 3 rings (SSSR count). The first kappa shape index (κ1) is 20.6. The summed E-state index contributed by atoms with van der Waals surface area (Å²) in [5.41, 5.74) is 0.848. The number of carbonyl (C=O) groups excluding carboxylic acids is 1. The molecule has 1 N–H and O–H groups in total. The fourth-order valence-electron chi connectivity index (χ4n) is 2.96. The van der Waals surface area contributed by atoms with Crippen molar-refractivity contribution >= 4 is 50.5 Å². The molecule has 2 heterocycles. The number of carbonyl (C=O) groups is 1. The first-order valence-corrected chi connectivity index (χ1v) is 11.6. The van der Waals surface area contributed by atoms with Crippen molar-refractivity contribution < 1.29 is 13.2 Å². The minimum absolute atomic E-state index is 0.131. The zero-order valence-corrected chi connectivity index (χ0v) is 17.9. The highest BCUT2D eigenvalue weighted by atomic mass is 35.5. The molecule has 1 aromatic carbocycles. The van der Waals surface area contributed by atoms with E-state index in [9.17, 15) is 13.2 Å². The lowest BCUT2D eigenvalue weighted by atomic mass is 10.1. The molecule has 9 heteroatoms. The van der Waals surface area contributed by atoms with Crippen LogP contribution in [-0.4, -0.2) is 31.7 Å². The monoisotopic (exact) mass is 446 g/mol. The molecule has 0 saturated carbocycles. The number of rotatable bonds is 6. The van der Waals surface area contributed by atoms with E-state index in [2.05, 4.69) is 5.32 Å². The Hall–Kier alpha value is -1.12. The van der Waals surface area contributed by atoms with Gasteiger partial charge in [-0.3, -0.25) is 4.79 Å². The Morgan fingerprint density at radius 3 is 2.56 bits per heavy atom. The summed E-state index contributed by atoms with van der Waals surface area (Å²) in [6, 6.07) is 8.28. The Kier molecular flexibility index (Phi) is 6.48. The molecule has 1 atom stereocenters. The third-order valence-electron chi connectivity index (χ3n) is 4.45. The van der Waals surface area contributed by atoms with Gasteiger partial charge in [0.2, 0.25) is 5.91 Å². The summed E-state index contributed by atoms with van der Waals surface area (Å²) in [7, 11) is -3.44. The average Bonchev–Trinajstić information content (AvgIpc) is 3.29. The summed E-state index contributed by atoms with van der Waals surface area (Å²) < 4.78 is 26.9. The van der Waals surface area contributed by atoms with Gasteiger partial charge in [-0.05, 0) is 49.6 Å². The maximum absolute atomic E-state index is 12.6. The van der Waals surface area contributed by atoms with Crippen LogP contribution in [0.25, 0.3) is 0 Å². The maximum atomic E-state index is 12.6. The summed E-state index contributed by atoms with van der Waals surface area (Å²) in [6.07, 6.45) is 1.92. The molecule has 1 aliphatic rings. The molecular weight excluding hydrogens is 427 g/mol. The van der Waals surface area contributed by atoms with Crippen LogP contribution in [-0.2, 0) is 21.2 Å². The number of benzene rings is 1. The first-order chi connectivity index (χ1) is 12.8. The molecule has 1 fully saturated rings. The minimum Gasteiger partial charge on any atom is -0.349 e. The second-order valence-electron chi connectivity index (χ2n) is 6.47. The Balaban J connectivity index is 1.63. The molecule has 1 amide bonds. The smallest absolute Gasteiger partial charge is 0.252 e. The van der Waals surface area contributed by atoms with Gasteiger partial charge in [-0.15, -0.1) is 11.3 Å². The lowest BCUT2D eigenvalue weighted by Crippen LogP contribution is -2.28. The summed E-state index contributed by atoms with van der Waals surface area (Å²) in [5.74, 6) is -0.180. The van der Waals surface area contributed by atoms with Crippen molar-refractivity contribution in [2.45, 2.75) is 36.4 Å². The number of thiophene rings is 1. The van der Waals surface area contributed by atoms with Gasteiger partial charge in [0.15, 0.2) is 0 Å². The van der Waals surface area contributed by atoms with Crippen molar-refractivity contribution in [3.05, 3.63) is 50.8 Å². The van der Waals surface area contributed by atoms with Crippen molar-refractivity contribution in [3.8, 4) is 0 Å². The quantitative estimate of drug-likeness (QED) is 0.720. The topological polar surface area (TPSA) is 66.5 Å². The second kappa shape index (κ2) is 8.49. The number of amides is 1. The number of hydrogen-bond acceptors (Lipinski definition) is 4. The molecule has 1 aromatic heterocycles. The van der Waals surface area contributed by atoms with Gasteiger partial charge in [-0.2, -0.15) is 4.31 Å². The first-order valence-electron chi connectivity index (χ1n) is 8.60. The average molecular weight is 447 g/mol. The van der Waals surface area contributed by atoms with Crippen LogP contribution in [0.2, 0.25) is 10.0 Å². The zero-order valence-electron chi connectivity index (χ0n) is 14.7. The van der Waals surface area contributed by atoms with E-state index >= 15 is 0 Å². The number of nitrogens with zero attached hydrogens (tertiary/aromatic N) is 1. The second-order valence-corrected chi connectivity index (χ2v) is 10.6. The predicted octanol–water partition coefficient (Wildman–Crippen LogP) is 4.26. The summed E-state index contributed by atoms with van der Waals surface area (Å²) >= 11 is 13.1. The van der Waals surface area contributed by atoms with Crippen molar-refractivity contribution in [1.82, 2.24) is 9.62 Å². The van der Waals surface area contributed by atoms with E-state index in [0.717, 1.165) is 29.7 Å². The Morgan fingerprint density at radius 2 is 1.89 bits per heavy atom. The molecule has 1 saturated heterocycles. The van der Waals surface area contributed by atoms with Crippen LogP contribution >= 0.6 is 34.5 Å². The SMILES string of the molecule is CC(NC(=O)Cc1ccc(S(=O)(=O)N2CCCC2)s1)c1ccc(Cl)c(Cl)c1. The fourth-order valence-corrected chi connectivity index (χ4v) is 6.30. The molecule has 0 bridgehead atoms. The van der Waals surface area contributed by atoms with E-state index in [-0.39, 0.29) is 18.4 Å². The highest BCUT2D eigenvalue weighted by Gasteiger charge is 2.28. The van der Waals surface area contributed by atoms with E-state index in [1.165, 1.54) is 4.31 Å². The van der Waals surface area contributed by atoms with Crippen molar-refractivity contribution in [2.75, 3.05) is 13.1 Å². The molecular formula is C18H20Cl2N2O3S2. The number of nitrogens with one attached hydrogen (secondary N) is 1. The lowest BCUT2D eigenvalue weighted by Gasteiger charge is -2.15. The molecule has 1 unspecified atom stereocenters. The molecule has 5 nitrogen and oxygen atoms in total. The molecule has 146 valence electrons. The van der Waals surface area contributed by atoms with Crippen LogP contribution < -0.4 is 5.32 Å². The van der Waals surface area contributed by atoms with Crippen molar-refractivity contribution in [2.24, 2.45) is 0 Å². The third-order valence-corrected chi connectivity index (χ3v) is 8.64. The van der Waals surface area contributed by atoms with E-state index in [1.807, 2.05) is 13.0 Å². The molecule has 27 heavy (non-hydrogen) atoms. The van der Waals surface area contributed by atoms with Crippen LogP contribution in [0.5, 0.6) is 0 Å². The standard InChI is InChI=1S/C18H20Cl2N2O3S2/c1-12(13-4-6-15(19)16(20)10-13)21-17(23)11-14-5-7-18(26-14)27(24,25)22-8-2-3-9-22/h4-7,10,12H,2-3,8-9,11H2,1H3,(H,21,23). The number of hydrogen-bond donors (Lipinski definition) is 1. The van der Waals surface area contributed by atoms with E-state index < -0.39 is 10.0 Å². The maximum Gasteiger partial charge on any atom is 0.252 e. The number of halogens is 2. The summed E-state index contributed by atoms with van der Waals surface area (Å²) in [5, 5.41) is 3.80. The predicted molar refractivity (Wildman–Crippen MR) is 109 cm³/mol. The Bertz CT molecular complexity index is 938. The highest BCUT2D eigenvalue weighted by Crippen LogP contribution is 2.28. The largest absolute Gasteiger partial charge is 0.349 e. The van der Waals surface area contributed by atoms with Gasteiger partial charge in [0.1, 0.15) is 4.21 Å². The Morgan fingerprint density at radius 1 is 1.19 bits per heavy atom. The van der Waals surface area contributed by atoms with E-state index in [0.29, 0.717) is 32.2 Å². The minimum atomic E-state index is -3.44. The van der Waals surface area contributed by atoms with Gasteiger partial charge in [-0.1, -0.05) is 29.3 Å². The Labute approximate surface area is 173 Å². The lowest BCUT2D eigenvalue weighted by molar-refractivity contribution is -0.121. The van der Waals surface area contributed by atoms with Crippen LogP contribution in [0.4, 0.5) is 0 Å². The summed E-state index contributed by atoms with van der Waals surface area (Å²) in [6.45, 7) is 2.99. The summed E-state index contributed by atoms with van der Waals surface area (Å²) in [4.78, 5) is 13.1. The molecule has 0 radical (unpaired) electrons. The van der Waals surface area contributed by atoms with Gasteiger partial charge in [0.25, 0.3) is 10.0 Å².